The first-order valence-corrected chi connectivity index (χ1v) is 12.4. The van der Waals surface area contributed by atoms with Crippen molar-refractivity contribution in [2.75, 3.05) is 18.6 Å². The van der Waals surface area contributed by atoms with Crippen LogP contribution in [0.2, 0.25) is 0 Å². The molecule has 1 heterocycles. The molecule has 1 aliphatic heterocycles. The zero-order valence-corrected chi connectivity index (χ0v) is 20.7. The number of rotatable bonds is 11. The van der Waals surface area contributed by atoms with Gasteiger partial charge in [0.05, 0.1) is 12.8 Å². The third-order valence-corrected chi connectivity index (χ3v) is 7.09. The number of amides is 1. The number of aliphatic carboxylic acids is 1. The van der Waals surface area contributed by atoms with Crippen LogP contribution in [0.15, 0.2) is 47.4 Å². The second kappa shape index (κ2) is 11.4. The highest BCUT2D eigenvalue weighted by Crippen LogP contribution is 2.51. The molecule has 7 nitrogen and oxygen atoms in total. The first kappa shape index (κ1) is 25.6. The van der Waals surface area contributed by atoms with Crippen molar-refractivity contribution in [3.05, 3.63) is 42.5 Å². The normalized spacial score (nSPS) is 15.0. The van der Waals surface area contributed by atoms with Gasteiger partial charge in [0.15, 0.2) is 18.1 Å². The Morgan fingerprint density at radius 3 is 2.24 bits per heavy atom. The van der Waals surface area contributed by atoms with Crippen LogP contribution in [0.25, 0.3) is 0 Å². The van der Waals surface area contributed by atoms with Crippen LogP contribution < -0.4 is 14.4 Å². The zero-order chi connectivity index (χ0) is 24.7. The minimum absolute atomic E-state index is 0.187. The van der Waals surface area contributed by atoms with E-state index in [-0.39, 0.29) is 22.5 Å². The number of nitrogens with zero attached hydrogens (tertiary/aromatic N) is 1. The van der Waals surface area contributed by atoms with E-state index in [0.717, 1.165) is 37.4 Å². The van der Waals surface area contributed by atoms with Gasteiger partial charge in [-0.1, -0.05) is 57.7 Å². The van der Waals surface area contributed by atoms with Gasteiger partial charge in [-0.15, -0.1) is 0 Å². The lowest BCUT2D eigenvalue weighted by Gasteiger charge is -2.34. The van der Waals surface area contributed by atoms with Gasteiger partial charge in [0, 0.05) is 22.7 Å². The van der Waals surface area contributed by atoms with E-state index in [9.17, 15) is 14.4 Å². The number of carbonyl (C=O) groups is 3. The Morgan fingerprint density at radius 1 is 1.03 bits per heavy atom. The summed E-state index contributed by atoms with van der Waals surface area (Å²) in [5.41, 5.74) is 0.0209. The van der Waals surface area contributed by atoms with Crippen molar-refractivity contribution >= 4 is 40.1 Å². The Bertz CT molecular complexity index is 1030. The molecule has 8 heteroatoms. The molecule has 34 heavy (non-hydrogen) atoms. The third-order valence-electron chi connectivity index (χ3n) is 5.97. The van der Waals surface area contributed by atoms with E-state index < -0.39 is 18.0 Å². The molecule has 0 aromatic heterocycles. The average Bonchev–Trinajstić information content (AvgIpc) is 2.92. The van der Waals surface area contributed by atoms with Crippen molar-refractivity contribution in [1.29, 1.82) is 0 Å². The van der Waals surface area contributed by atoms with Crippen LogP contribution in [0.3, 0.4) is 0 Å². The minimum Gasteiger partial charge on any atom is -0.493 e. The van der Waals surface area contributed by atoms with Gasteiger partial charge in [0.25, 0.3) is 0 Å². The van der Waals surface area contributed by atoms with Crippen molar-refractivity contribution in [3.63, 3.8) is 0 Å². The molecule has 3 rings (SSSR count). The van der Waals surface area contributed by atoms with E-state index in [1.54, 1.807) is 17.0 Å². The number of methoxy groups -OCH3 is 1. The van der Waals surface area contributed by atoms with Crippen LogP contribution in [0.5, 0.6) is 11.5 Å². The summed E-state index contributed by atoms with van der Waals surface area (Å²) in [5.74, 6) is -0.867. The van der Waals surface area contributed by atoms with Crippen LogP contribution in [-0.2, 0) is 14.4 Å². The molecule has 1 N–H and O–H groups in total. The van der Waals surface area contributed by atoms with Crippen molar-refractivity contribution < 1.29 is 29.0 Å². The van der Waals surface area contributed by atoms with E-state index in [1.165, 1.54) is 7.11 Å². The van der Waals surface area contributed by atoms with Gasteiger partial charge in [-0.2, -0.15) is 0 Å². The predicted molar refractivity (Wildman–Crippen MR) is 132 cm³/mol. The number of hydrogen-bond donors (Lipinski definition) is 1. The lowest BCUT2D eigenvalue weighted by molar-refractivity contribution is -0.139. The van der Waals surface area contributed by atoms with Gasteiger partial charge in [0.1, 0.15) is 5.41 Å². The molecule has 0 radical (unpaired) electrons. The number of carboxylic acids is 1. The highest BCUT2D eigenvalue weighted by Gasteiger charge is 2.50. The molecule has 0 unspecified atom stereocenters. The summed E-state index contributed by atoms with van der Waals surface area (Å²) in [6, 6.07) is 12.5. The van der Waals surface area contributed by atoms with Gasteiger partial charge in [0.2, 0.25) is 11.0 Å². The number of benzene rings is 2. The fraction of sp³-hybridized carbons (Fsp3) is 0.423. The minimum atomic E-state index is -1.15. The van der Waals surface area contributed by atoms with Gasteiger partial charge < -0.3 is 14.6 Å². The monoisotopic (exact) mass is 485 g/mol. The van der Waals surface area contributed by atoms with Crippen molar-refractivity contribution in [1.82, 2.24) is 0 Å². The number of carbonyl (C=O) groups excluding carboxylic acids is 2. The van der Waals surface area contributed by atoms with Crippen LogP contribution in [0, 0.1) is 5.41 Å². The maximum absolute atomic E-state index is 14.3. The van der Waals surface area contributed by atoms with E-state index in [4.69, 9.17) is 14.6 Å². The molecule has 0 atom stereocenters. The largest absolute Gasteiger partial charge is 0.493 e. The quantitative estimate of drug-likeness (QED) is 0.401. The molecule has 0 fully saturated rings. The molecule has 2 aromatic carbocycles. The third kappa shape index (κ3) is 5.22. The first-order valence-electron chi connectivity index (χ1n) is 11.6. The van der Waals surface area contributed by atoms with Gasteiger partial charge >= 0.3 is 5.97 Å². The average molecular weight is 486 g/mol. The zero-order valence-electron chi connectivity index (χ0n) is 19.8. The standard InChI is InChI=1S/C26H31NO6S/c1-4-6-13-26(14-7-5-2)24(30)27(18-11-9-8-10-12-18)19-15-20(32-3)21(33-17-23(28)29)16-22(19)34-25(26)31/h8-12,15-16H,4-7,13-14,17H2,1-3H3,(H,28,29). The lowest BCUT2D eigenvalue weighted by atomic mass is 9.77. The second-order valence-electron chi connectivity index (χ2n) is 8.31. The van der Waals surface area contributed by atoms with Crippen LogP contribution in [0.4, 0.5) is 11.4 Å². The fourth-order valence-electron chi connectivity index (χ4n) is 4.14. The lowest BCUT2D eigenvalue weighted by Crippen LogP contribution is -2.45. The molecule has 1 amide bonds. The fourth-order valence-corrected chi connectivity index (χ4v) is 5.25. The first-order chi connectivity index (χ1) is 16.4. The Balaban J connectivity index is 2.22. The van der Waals surface area contributed by atoms with Crippen LogP contribution in [-0.4, -0.2) is 35.8 Å². The summed E-state index contributed by atoms with van der Waals surface area (Å²) in [7, 11) is 1.45. The molecule has 0 saturated heterocycles. The Morgan fingerprint density at radius 2 is 1.68 bits per heavy atom. The summed E-state index contributed by atoms with van der Waals surface area (Å²) in [5, 5.41) is 8.86. The Kier molecular flexibility index (Phi) is 8.61. The number of ether oxygens (including phenoxy) is 2. The highest BCUT2D eigenvalue weighted by atomic mass is 32.2. The van der Waals surface area contributed by atoms with Gasteiger partial charge in [-0.3, -0.25) is 14.5 Å². The number of thioether (sulfide) groups is 1. The summed E-state index contributed by atoms with van der Waals surface area (Å²) in [4.78, 5) is 41.3. The van der Waals surface area contributed by atoms with Crippen LogP contribution in [0.1, 0.15) is 52.4 Å². The number of para-hydroxylation sites is 1. The number of carboxylic acid groups (broad SMARTS) is 1. The van der Waals surface area contributed by atoms with Gasteiger partial charge in [-0.25, -0.2) is 4.79 Å². The number of anilines is 2. The maximum atomic E-state index is 14.3. The number of hydrogen-bond acceptors (Lipinski definition) is 6. The molecule has 2 aromatic rings. The SMILES string of the molecule is CCCCC1(CCCC)C(=O)Sc2cc(OCC(=O)O)c(OC)cc2N(c2ccccc2)C1=O. The summed E-state index contributed by atoms with van der Waals surface area (Å²) in [6.07, 6.45) is 4.22. The molecule has 0 saturated carbocycles. The predicted octanol–water partition coefficient (Wildman–Crippen LogP) is 5.82. The van der Waals surface area contributed by atoms with Gasteiger partial charge in [-0.05, 0) is 36.7 Å². The molecule has 0 spiro atoms. The topological polar surface area (TPSA) is 93.1 Å². The number of fused-ring (bicyclic) bond motifs is 1. The summed E-state index contributed by atoms with van der Waals surface area (Å²) < 4.78 is 10.9. The Labute approximate surface area is 204 Å². The van der Waals surface area contributed by atoms with E-state index in [0.29, 0.717) is 29.1 Å². The van der Waals surface area contributed by atoms with Crippen LogP contribution >= 0.6 is 11.8 Å². The highest BCUT2D eigenvalue weighted by molar-refractivity contribution is 8.14. The van der Waals surface area contributed by atoms with Crippen molar-refractivity contribution in [2.45, 2.75) is 57.3 Å². The molecular formula is C26H31NO6S. The summed E-state index contributed by atoms with van der Waals surface area (Å²) >= 11 is 1.03. The van der Waals surface area contributed by atoms with E-state index >= 15 is 0 Å². The van der Waals surface area contributed by atoms with Crippen molar-refractivity contribution in [2.24, 2.45) is 5.41 Å². The smallest absolute Gasteiger partial charge is 0.341 e. The molecule has 0 bridgehead atoms. The number of unbranched alkanes of at least 4 members (excludes halogenated alkanes) is 2. The van der Waals surface area contributed by atoms with Crippen molar-refractivity contribution in [3.8, 4) is 11.5 Å². The summed E-state index contributed by atoms with van der Waals surface area (Å²) in [6.45, 7) is 3.55. The second-order valence-corrected chi connectivity index (χ2v) is 9.32. The molecule has 1 aliphatic rings. The molecule has 182 valence electrons. The Hall–Kier alpha value is -3.00. The maximum Gasteiger partial charge on any atom is 0.341 e. The molecule has 0 aliphatic carbocycles. The van der Waals surface area contributed by atoms with E-state index in [2.05, 4.69) is 0 Å². The van der Waals surface area contributed by atoms with E-state index in [1.807, 2.05) is 44.2 Å². The molecular weight excluding hydrogens is 454 g/mol.